The highest BCUT2D eigenvalue weighted by Gasteiger charge is 2.35. The Bertz CT molecular complexity index is 678. The number of hydrogen-bond acceptors (Lipinski definition) is 4. The monoisotopic (exact) mass is 299 g/mol. The van der Waals surface area contributed by atoms with Crippen LogP contribution in [0.25, 0.3) is 5.65 Å². The molecule has 4 rings (SSSR count). The van der Waals surface area contributed by atoms with Gasteiger partial charge in [-0.15, -0.1) is 0 Å². The van der Waals surface area contributed by atoms with Crippen LogP contribution in [0.5, 0.6) is 0 Å². The topological polar surface area (TPSA) is 62.5 Å². The highest BCUT2D eigenvalue weighted by Crippen LogP contribution is 2.32. The fourth-order valence-corrected chi connectivity index (χ4v) is 3.42. The largest absolute Gasteiger partial charge is 0.350 e. The van der Waals surface area contributed by atoms with Crippen LogP contribution >= 0.6 is 0 Å². The molecule has 22 heavy (non-hydrogen) atoms. The molecule has 1 aliphatic heterocycles. The fraction of sp³-hybridized carbons (Fsp3) is 0.562. The number of nitrogens with one attached hydrogen (secondary N) is 1. The molecule has 2 aromatic heterocycles. The molecule has 6 heteroatoms. The number of likely N-dealkylation sites (tertiary alicyclic amines) is 1. The maximum atomic E-state index is 12.4. The number of carbonyl (C=O) groups excluding carboxylic acids is 1. The van der Waals surface area contributed by atoms with E-state index in [4.69, 9.17) is 0 Å². The van der Waals surface area contributed by atoms with Gasteiger partial charge in [-0.2, -0.15) is 5.10 Å². The number of nitrogens with zero attached hydrogens (tertiary/aromatic N) is 4. The highest BCUT2D eigenvalue weighted by atomic mass is 16.1. The molecule has 1 N–H and O–H groups in total. The van der Waals surface area contributed by atoms with Gasteiger partial charge in [-0.05, 0) is 38.3 Å². The summed E-state index contributed by atoms with van der Waals surface area (Å²) in [5, 5.41) is 7.26. The van der Waals surface area contributed by atoms with Gasteiger partial charge < -0.3 is 5.32 Å². The Kier molecular flexibility index (Phi) is 3.54. The van der Waals surface area contributed by atoms with Crippen LogP contribution in [0.3, 0.4) is 0 Å². The molecule has 0 aromatic carbocycles. The van der Waals surface area contributed by atoms with Crippen LogP contribution in [0.15, 0.2) is 24.7 Å². The second-order valence-electron chi connectivity index (χ2n) is 6.27. The van der Waals surface area contributed by atoms with Gasteiger partial charge in [-0.1, -0.05) is 6.42 Å². The zero-order valence-electron chi connectivity index (χ0n) is 12.6. The Hall–Kier alpha value is -1.95. The second-order valence-corrected chi connectivity index (χ2v) is 6.27. The van der Waals surface area contributed by atoms with Gasteiger partial charge in [0.15, 0.2) is 5.65 Å². The smallest absolute Gasteiger partial charge is 0.256 e. The SMILES string of the molecule is O=C(NCC1CCCCN1C1CC1)c1cnn2cccnc12. The van der Waals surface area contributed by atoms with E-state index in [2.05, 4.69) is 20.3 Å². The van der Waals surface area contributed by atoms with Crippen molar-refractivity contribution in [2.45, 2.75) is 44.2 Å². The summed E-state index contributed by atoms with van der Waals surface area (Å²) < 4.78 is 1.63. The lowest BCUT2D eigenvalue weighted by Crippen LogP contribution is -2.47. The van der Waals surface area contributed by atoms with E-state index < -0.39 is 0 Å². The molecule has 3 heterocycles. The van der Waals surface area contributed by atoms with Crippen LogP contribution in [0.1, 0.15) is 42.5 Å². The van der Waals surface area contributed by atoms with Crippen LogP contribution in [-0.2, 0) is 0 Å². The molecule has 1 amide bonds. The molecule has 2 fully saturated rings. The Morgan fingerprint density at radius 1 is 1.32 bits per heavy atom. The third-order valence-corrected chi connectivity index (χ3v) is 4.71. The predicted octanol–water partition coefficient (Wildman–Crippen LogP) is 1.48. The Morgan fingerprint density at radius 3 is 3.09 bits per heavy atom. The van der Waals surface area contributed by atoms with E-state index in [0.717, 1.165) is 12.6 Å². The summed E-state index contributed by atoms with van der Waals surface area (Å²) in [6, 6.07) is 3.05. The maximum Gasteiger partial charge on any atom is 0.256 e. The summed E-state index contributed by atoms with van der Waals surface area (Å²) in [6.45, 7) is 1.91. The van der Waals surface area contributed by atoms with Crippen molar-refractivity contribution in [1.82, 2.24) is 24.8 Å². The zero-order chi connectivity index (χ0) is 14.9. The molecular weight excluding hydrogens is 278 g/mol. The second kappa shape index (κ2) is 5.68. The molecule has 1 saturated carbocycles. The number of carbonyl (C=O) groups is 1. The van der Waals surface area contributed by atoms with Crippen molar-refractivity contribution in [3.63, 3.8) is 0 Å². The summed E-state index contributed by atoms with van der Waals surface area (Å²) in [6.07, 6.45) is 11.5. The van der Waals surface area contributed by atoms with E-state index in [-0.39, 0.29) is 5.91 Å². The first-order valence-corrected chi connectivity index (χ1v) is 8.15. The Balaban J connectivity index is 1.43. The van der Waals surface area contributed by atoms with Gasteiger partial charge in [0.2, 0.25) is 0 Å². The van der Waals surface area contributed by atoms with Gasteiger partial charge in [0.1, 0.15) is 5.56 Å². The molecule has 116 valence electrons. The number of hydrogen-bond donors (Lipinski definition) is 1. The molecule has 1 atom stereocenters. The van der Waals surface area contributed by atoms with Crippen molar-refractivity contribution in [2.24, 2.45) is 0 Å². The number of aromatic nitrogens is 3. The minimum atomic E-state index is -0.0741. The lowest BCUT2D eigenvalue weighted by molar-refractivity contribution is 0.0908. The lowest BCUT2D eigenvalue weighted by Gasteiger charge is -2.35. The van der Waals surface area contributed by atoms with E-state index in [1.54, 1.807) is 29.2 Å². The normalized spacial score (nSPS) is 22.8. The highest BCUT2D eigenvalue weighted by molar-refractivity contribution is 5.99. The van der Waals surface area contributed by atoms with Crippen LogP contribution in [0, 0.1) is 0 Å². The van der Waals surface area contributed by atoms with Gasteiger partial charge in [-0.3, -0.25) is 9.69 Å². The molecule has 1 aliphatic carbocycles. The maximum absolute atomic E-state index is 12.4. The van der Waals surface area contributed by atoms with Gasteiger partial charge in [0.05, 0.1) is 6.20 Å². The predicted molar refractivity (Wildman–Crippen MR) is 82.7 cm³/mol. The summed E-state index contributed by atoms with van der Waals surface area (Å²) in [5.41, 5.74) is 1.16. The van der Waals surface area contributed by atoms with E-state index in [1.165, 1.54) is 38.6 Å². The number of piperidine rings is 1. The average Bonchev–Trinajstić information content (AvgIpc) is 3.32. The average molecular weight is 299 g/mol. The molecule has 2 aromatic rings. The third-order valence-electron chi connectivity index (χ3n) is 4.71. The van der Waals surface area contributed by atoms with Crippen molar-refractivity contribution < 1.29 is 4.79 Å². The van der Waals surface area contributed by atoms with E-state index >= 15 is 0 Å². The fourth-order valence-electron chi connectivity index (χ4n) is 3.42. The first-order valence-electron chi connectivity index (χ1n) is 8.15. The van der Waals surface area contributed by atoms with Gasteiger partial charge in [-0.25, -0.2) is 9.50 Å². The Labute approximate surface area is 129 Å². The first-order chi connectivity index (χ1) is 10.8. The minimum absolute atomic E-state index is 0.0741. The van der Waals surface area contributed by atoms with E-state index in [1.807, 2.05) is 0 Å². The van der Waals surface area contributed by atoms with Gasteiger partial charge >= 0.3 is 0 Å². The number of rotatable bonds is 4. The molecule has 1 saturated heterocycles. The molecule has 6 nitrogen and oxygen atoms in total. The van der Waals surface area contributed by atoms with Crippen LogP contribution < -0.4 is 5.32 Å². The van der Waals surface area contributed by atoms with Crippen molar-refractivity contribution >= 4 is 11.6 Å². The van der Waals surface area contributed by atoms with Crippen molar-refractivity contribution in [2.75, 3.05) is 13.1 Å². The van der Waals surface area contributed by atoms with Crippen LogP contribution in [-0.4, -0.2) is 50.6 Å². The third kappa shape index (κ3) is 2.59. The quantitative estimate of drug-likeness (QED) is 0.929. The molecule has 1 unspecified atom stereocenters. The molecule has 0 spiro atoms. The summed E-state index contributed by atoms with van der Waals surface area (Å²) in [4.78, 5) is 19.3. The van der Waals surface area contributed by atoms with Crippen molar-refractivity contribution in [3.8, 4) is 0 Å². The van der Waals surface area contributed by atoms with Crippen LogP contribution in [0.4, 0.5) is 0 Å². The van der Waals surface area contributed by atoms with Gasteiger partial charge in [0, 0.05) is 31.0 Å². The van der Waals surface area contributed by atoms with Gasteiger partial charge in [0.25, 0.3) is 5.91 Å². The summed E-state index contributed by atoms with van der Waals surface area (Å²) in [7, 11) is 0. The minimum Gasteiger partial charge on any atom is -0.350 e. The Morgan fingerprint density at radius 2 is 2.23 bits per heavy atom. The zero-order valence-corrected chi connectivity index (χ0v) is 12.6. The van der Waals surface area contributed by atoms with E-state index in [9.17, 15) is 4.79 Å². The van der Waals surface area contributed by atoms with E-state index in [0.29, 0.717) is 17.3 Å². The number of fused-ring (bicyclic) bond motifs is 1. The van der Waals surface area contributed by atoms with Crippen molar-refractivity contribution in [1.29, 1.82) is 0 Å². The van der Waals surface area contributed by atoms with Crippen molar-refractivity contribution in [3.05, 3.63) is 30.2 Å². The standard InChI is InChI=1S/C16H21N5O/c22-16(14-11-19-21-9-3-7-17-15(14)21)18-10-13-4-1-2-8-20(13)12-5-6-12/h3,7,9,11-13H,1-2,4-6,8,10H2,(H,18,22). The summed E-state index contributed by atoms with van der Waals surface area (Å²) >= 11 is 0. The molecule has 0 radical (unpaired) electrons. The molecule has 0 bridgehead atoms. The van der Waals surface area contributed by atoms with Crippen LogP contribution in [0.2, 0.25) is 0 Å². The summed E-state index contributed by atoms with van der Waals surface area (Å²) in [5.74, 6) is -0.0741. The number of amides is 1. The molecule has 2 aliphatic rings. The first kappa shape index (κ1) is 13.7. The molecular formula is C16H21N5O. The lowest BCUT2D eigenvalue weighted by atomic mass is 10.0.